The van der Waals surface area contributed by atoms with Gasteiger partial charge in [0.25, 0.3) is 0 Å². The molecular formula is C13H16F4O5S. The molecule has 0 aromatic heterocycles. The molecule has 0 N–H and O–H groups in total. The zero-order valence-electron chi connectivity index (χ0n) is 12.3. The number of hydrogen-bond donors (Lipinski definition) is 0. The molecule has 0 bridgehead atoms. The van der Waals surface area contributed by atoms with Gasteiger partial charge in [0.1, 0.15) is 0 Å². The Bertz CT molecular complexity index is 469. The van der Waals surface area contributed by atoms with Gasteiger partial charge in [0.05, 0.1) is 25.4 Å². The van der Waals surface area contributed by atoms with Gasteiger partial charge in [-0.1, -0.05) is 18.3 Å². The summed E-state index contributed by atoms with van der Waals surface area (Å²) in [6.45, 7) is 2.30. The van der Waals surface area contributed by atoms with Crippen LogP contribution >= 0.6 is 11.8 Å². The van der Waals surface area contributed by atoms with E-state index in [4.69, 9.17) is 9.47 Å². The Labute approximate surface area is 134 Å². The van der Waals surface area contributed by atoms with Gasteiger partial charge in [0.2, 0.25) is 6.10 Å². The molecule has 1 aliphatic rings. The Morgan fingerprint density at radius 3 is 2.61 bits per heavy atom. The molecule has 1 fully saturated rings. The first kappa shape index (κ1) is 19.8. The molecule has 1 saturated heterocycles. The van der Waals surface area contributed by atoms with Gasteiger partial charge < -0.3 is 14.2 Å². The number of hydrogen-bond acceptors (Lipinski definition) is 6. The maximum Gasteiger partial charge on any atom is 0.355 e. The second-order valence-electron chi connectivity index (χ2n) is 4.68. The summed E-state index contributed by atoms with van der Waals surface area (Å²) >= 11 is -0.253. The molecule has 23 heavy (non-hydrogen) atoms. The zero-order chi connectivity index (χ0) is 17.7. The summed E-state index contributed by atoms with van der Waals surface area (Å²) in [5.41, 5.74) is -0.218. The summed E-state index contributed by atoms with van der Waals surface area (Å²) < 4.78 is 66.4. The highest BCUT2D eigenvalue weighted by Gasteiger charge is 2.55. The average Bonchev–Trinajstić information content (AvgIpc) is 2.88. The van der Waals surface area contributed by atoms with Crippen LogP contribution in [0.5, 0.6) is 0 Å². The van der Waals surface area contributed by atoms with Crippen molar-refractivity contribution in [3.63, 3.8) is 0 Å². The average molecular weight is 360 g/mol. The number of carbonyl (C=O) groups is 2. The maximum atomic E-state index is 13.2. The quantitative estimate of drug-likeness (QED) is 0.272. The molecule has 0 aliphatic carbocycles. The van der Waals surface area contributed by atoms with Crippen molar-refractivity contribution in [2.24, 2.45) is 0 Å². The molecule has 1 heterocycles. The van der Waals surface area contributed by atoms with Gasteiger partial charge in [-0.05, 0) is 6.26 Å². The van der Waals surface area contributed by atoms with Gasteiger partial charge in [0.15, 0.2) is 0 Å². The first-order valence-electron chi connectivity index (χ1n) is 6.54. The normalized spacial score (nSPS) is 18.7. The lowest BCUT2D eigenvalue weighted by Gasteiger charge is -2.24. The molecular weight excluding hydrogens is 344 g/mol. The monoisotopic (exact) mass is 360 g/mol. The second-order valence-corrected chi connectivity index (χ2v) is 5.60. The van der Waals surface area contributed by atoms with Crippen LogP contribution in [0.25, 0.3) is 0 Å². The summed E-state index contributed by atoms with van der Waals surface area (Å²) in [4.78, 5) is 22.7. The van der Waals surface area contributed by atoms with E-state index in [0.717, 1.165) is 6.26 Å². The largest absolute Gasteiger partial charge is 0.463 e. The van der Waals surface area contributed by atoms with Crippen LogP contribution in [-0.4, -0.2) is 55.3 Å². The number of carbonyl (C=O) groups excluding carboxylic acids is 2. The summed E-state index contributed by atoms with van der Waals surface area (Å²) in [6, 6.07) is 0. The minimum atomic E-state index is -4.23. The number of thioether (sulfide) groups is 1. The molecule has 1 atom stereocenters. The molecule has 0 aromatic carbocycles. The standard InChI is InChI=1S/C13H16F4O5S/c1-8(10(18)22-9-3-5-21-11(9)19)7-20-6-4-12(14,15)13(16,17)23-2/h9H,1,3-7H2,2H3. The van der Waals surface area contributed by atoms with Crippen LogP contribution in [0.1, 0.15) is 12.8 Å². The van der Waals surface area contributed by atoms with E-state index in [-0.39, 0.29) is 30.4 Å². The third-order valence-corrected chi connectivity index (χ3v) is 3.76. The minimum Gasteiger partial charge on any atom is -0.463 e. The van der Waals surface area contributed by atoms with Crippen LogP contribution < -0.4 is 0 Å². The first-order valence-corrected chi connectivity index (χ1v) is 7.77. The summed E-state index contributed by atoms with van der Waals surface area (Å²) in [5, 5.41) is -4.20. The van der Waals surface area contributed by atoms with Gasteiger partial charge in [-0.2, -0.15) is 17.6 Å². The highest BCUT2D eigenvalue weighted by molar-refractivity contribution is 7.99. The zero-order valence-corrected chi connectivity index (χ0v) is 13.1. The van der Waals surface area contributed by atoms with Gasteiger partial charge in [0, 0.05) is 12.8 Å². The van der Waals surface area contributed by atoms with E-state index in [9.17, 15) is 27.2 Å². The number of halogens is 4. The van der Waals surface area contributed by atoms with Gasteiger partial charge in [-0.25, -0.2) is 9.59 Å². The molecule has 1 unspecified atom stereocenters. The van der Waals surface area contributed by atoms with Crippen molar-refractivity contribution in [3.8, 4) is 0 Å². The highest BCUT2D eigenvalue weighted by atomic mass is 32.2. The summed E-state index contributed by atoms with van der Waals surface area (Å²) in [5.74, 6) is -5.84. The molecule has 0 saturated carbocycles. The maximum absolute atomic E-state index is 13.2. The smallest absolute Gasteiger partial charge is 0.355 e. The molecule has 5 nitrogen and oxygen atoms in total. The van der Waals surface area contributed by atoms with Crippen LogP contribution in [0.4, 0.5) is 17.6 Å². The molecule has 1 aliphatic heterocycles. The van der Waals surface area contributed by atoms with E-state index in [1.54, 1.807) is 0 Å². The van der Waals surface area contributed by atoms with Crippen molar-refractivity contribution >= 4 is 23.7 Å². The fourth-order valence-electron chi connectivity index (χ4n) is 1.55. The number of cyclic esters (lactones) is 1. The van der Waals surface area contributed by atoms with Crippen LogP contribution in [0.15, 0.2) is 12.2 Å². The van der Waals surface area contributed by atoms with Crippen LogP contribution in [0, 0.1) is 0 Å². The van der Waals surface area contributed by atoms with Crippen molar-refractivity contribution in [1.82, 2.24) is 0 Å². The van der Waals surface area contributed by atoms with Gasteiger partial charge in [-0.3, -0.25) is 0 Å². The van der Waals surface area contributed by atoms with E-state index >= 15 is 0 Å². The van der Waals surface area contributed by atoms with Gasteiger partial charge in [-0.15, -0.1) is 0 Å². The molecule has 10 heteroatoms. The fraction of sp³-hybridized carbons (Fsp3) is 0.692. The second kappa shape index (κ2) is 8.00. The van der Waals surface area contributed by atoms with E-state index in [2.05, 4.69) is 11.3 Å². The van der Waals surface area contributed by atoms with E-state index in [1.165, 1.54) is 0 Å². The Balaban J connectivity index is 2.31. The minimum absolute atomic E-state index is 0.137. The van der Waals surface area contributed by atoms with E-state index in [0.29, 0.717) is 0 Å². The van der Waals surface area contributed by atoms with Crippen molar-refractivity contribution in [2.75, 3.05) is 26.1 Å². The fourth-order valence-corrected chi connectivity index (χ4v) is 1.95. The third-order valence-electron chi connectivity index (χ3n) is 2.94. The van der Waals surface area contributed by atoms with Crippen LogP contribution in [0.3, 0.4) is 0 Å². The van der Waals surface area contributed by atoms with Crippen LogP contribution in [-0.2, 0) is 23.8 Å². The highest BCUT2D eigenvalue weighted by Crippen LogP contribution is 2.43. The summed E-state index contributed by atoms with van der Waals surface area (Å²) in [7, 11) is 0. The SMILES string of the molecule is C=C(COCCC(F)(F)C(F)(F)SC)C(=O)OC1CCOC1=O. The number of ether oxygens (including phenoxy) is 3. The Kier molecular flexibility index (Phi) is 6.87. The van der Waals surface area contributed by atoms with E-state index < -0.39 is 48.9 Å². The molecule has 0 radical (unpaired) electrons. The lowest BCUT2D eigenvalue weighted by Crippen LogP contribution is -2.38. The van der Waals surface area contributed by atoms with E-state index in [1.807, 2.05) is 0 Å². The predicted octanol–water partition coefficient (Wildman–Crippen LogP) is 2.40. The number of alkyl halides is 4. The lowest BCUT2D eigenvalue weighted by molar-refractivity contribution is -0.163. The molecule has 132 valence electrons. The topological polar surface area (TPSA) is 61.8 Å². The Hall–Kier alpha value is -1.29. The lowest BCUT2D eigenvalue weighted by atomic mass is 10.2. The molecule has 0 spiro atoms. The van der Waals surface area contributed by atoms with Crippen molar-refractivity contribution < 1.29 is 41.4 Å². The van der Waals surface area contributed by atoms with Crippen molar-refractivity contribution in [2.45, 2.75) is 30.1 Å². The molecule has 1 rings (SSSR count). The Morgan fingerprint density at radius 2 is 2.09 bits per heavy atom. The number of rotatable bonds is 9. The summed E-state index contributed by atoms with van der Waals surface area (Å²) in [6.07, 6.45) is -1.14. The first-order chi connectivity index (χ1) is 10.6. The molecule has 0 aromatic rings. The molecule has 0 amide bonds. The van der Waals surface area contributed by atoms with Crippen molar-refractivity contribution in [3.05, 3.63) is 12.2 Å². The predicted molar refractivity (Wildman–Crippen MR) is 73.4 cm³/mol. The third kappa shape index (κ3) is 5.38. The van der Waals surface area contributed by atoms with Crippen LogP contribution in [0.2, 0.25) is 0 Å². The number of esters is 2. The van der Waals surface area contributed by atoms with Gasteiger partial charge >= 0.3 is 23.1 Å². The Morgan fingerprint density at radius 1 is 1.43 bits per heavy atom. The van der Waals surface area contributed by atoms with Crippen molar-refractivity contribution in [1.29, 1.82) is 0 Å².